The van der Waals surface area contributed by atoms with Crippen molar-refractivity contribution in [2.75, 3.05) is 10.6 Å². The van der Waals surface area contributed by atoms with E-state index in [4.69, 9.17) is 0 Å². The summed E-state index contributed by atoms with van der Waals surface area (Å²) in [6.07, 6.45) is 3.69. The number of imidazole rings is 1. The molecule has 1 aromatic carbocycles. The number of nitrogens with one attached hydrogen (secondary N) is 5. The third kappa shape index (κ3) is 3.73. The van der Waals surface area contributed by atoms with Gasteiger partial charge in [-0.15, -0.1) is 0 Å². The molecule has 4 atom stereocenters. The van der Waals surface area contributed by atoms with Crippen LogP contribution in [0.25, 0.3) is 11.0 Å². The Morgan fingerprint density at radius 3 is 2.90 bits per heavy atom. The molecule has 0 bridgehead atoms. The Bertz CT molecular complexity index is 1020. The summed E-state index contributed by atoms with van der Waals surface area (Å²) in [5.41, 5.74) is 8.97. The topological polar surface area (TPSA) is 103 Å². The van der Waals surface area contributed by atoms with Crippen LogP contribution in [-0.2, 0) is 0 Å². The molecule has 2 aliphatic rings. The molecule has 0 spiro atoms. The van der Waals surface area contributed by atoms with Crippen LogP contribution in [0.5, 0.6) is 0 Å². The van der Waals surface area contributed by atoms with Gasteiger partial charge in [0.05, 0.1) is 29.6 Å². The molecule has 1 aliphatic carbocycles. The lowest BCUT2D eigenvalue weighted by Crippen LogP contribution is -2.38. The van der Waals surface area contributed by atoms with Crippen molar-refractivity contribution in [3.8, 4) is 0 Å². The van der Waals surface area contributed by atoms with Crippen LogP contribution in [0.15, 0.2) is 36.8 Å². The number of aromatic amines is 1. The fourth-order valence-corrected chi connectivity index (χ4v) is 3.80. The van der Waals surface area contributed by atoms with Crippen LogP contribution in [-0.4, -0.2) is 38.1 Å². The van der Waals surface area contributed by atoms with Gasteiger partial charge in [0, 0.05) is 24.6 Å². The van der Waals surface area contributed by atoms with Gasteiger partial charge in [0.1, 0.15) is 5.82 Å². The maximum Gasteiger partial charge on any atom is 0.253 e. The van der Waals surface area contributed by atoms with E-state index in [0.717, 1.165) is 16.6 Å². The number of hydrogen-bond acceptors (Lipinski definition) is 7. The number of hydrogen-bond donors (Lipinski definition) is 5. The van der Waals surface area contributed by atoms with Crippen LogP contribution in [0.1, 0.15) is 31.4 Å². The molecule has 2 aromatic heterocycles. The van der Waals surface area contributed by atoms with Gasteiger partial charge in [-0.2, -0.15) is 4.98 Å². The Kier molecular flexibility index (Phi) is 4.32. The van der Waals surface area contributed by atoms with Crippen LogP contribution < -0.4 is 21.5 Å². The number of H-pyrrole nitrogens is 1. The molecule has 29 heavy (non-hydrogen) atoms. The van der Waals surface area contributed by atoms with Gasteiger partial charge >= 0.3 is 0 Å². The Morgan fingerprint density at radius 1 is 1.21 bits per heavy atom. The van der Waals surface area contributed by atoms with Crippen molar-refractivity contribution < 1.29 is 8.78 Å². The van der Waals surface area contributed by atoms with Crippen LogP contribution in [0.4, 0.5) is 20.5 Å². The molecule has 0 radical (unpaired) electrons. The minimum atomic E-state index is -2.53. The highest BCUT2D eigenvalue weighted by Gasteiger charge is 2.61. The first kappa shape index (κ1) is 18.2. The zero-order chi connectivity index (χ0) is 20.0. The lowest BCUT2D eigenvalue weighted by molar-refractivity contribution is 0.0909. The number of benzene rings is 1. The van der Waals surface area contributed by atoms with Gasteiger partial charge in [-0.25, -0.2) is 24.2 Å². The van der Waals surface area contributed by atoms with Crippen molar-refractivity contribution in [2.45, 2.75) is 43.9 Å². The number of anilines is 2. The molecule has 3 unspecified atom stereocenters. The molecule has 5 N–H and O–H groups in total. The molecule has 8 nitrogen and oxygen atoms in total. The van der Waals surface area contributed by atoms with Crippen LogP contribution in [0.3, 0.4) is 0 Å². The first-order valence-corrected chi connectivity index (χ1v) is 9.66. The van der Waals surface area contributed by atoms with E-state index in [0.29, 0.717) is 18.2 Å². The smallest absolute Gasteiger partial charge is 0.253 e. The van der Waals surface area contributed by atoms with Gasteiger partial charge in [0.15, 0.2) is 0 Å². The van der Waals surface area contributed by atoms with Crippen LogP contribution in [0, 0.1) is 5.92 Å². The van der Waals surface area contributed by atoms with Gasteiger partial charge in [0.2, 0.25) is 5.95 Å². The number of rotatable bonds is 6. The number of alkyl halides is 2. The average molecular weight is 400 g/mol. The highest BCUT2D eigenvalue weighted by Crippen LogP contribution is 2.51. The standard InChI is InChI=1S/C19H22F2N8/c1-10(11-2-3-13-15(6-11)24-9-23-13)25-18-22-5-4-16(27-18)26-17-7-14(28-29-17)12-8-19(12,20)21/h2-6,9-10,12,14,17,28-29H,7-8H2,1H3,(H,23,24)(H2,22,25,26,27)/t10-,12?,14?,17?/m0/s1. The maximum atomic E-state index is 13.3. The molecule has 1 saturated heterocycles. The van der Waals surface area contributed by atoms with Gasteiger partial charge in [-0.3, -0.25) is 5.43 Å². The van der Waals surface area contributed by atoms with E-state index in [9.17, 15) is 8.78 Å². The Labute approximate surface area is 165 Å². The van der Waals surface area contributed by atoms with Crippen LogP contribution >= 0.6 is 0 Å². The SMILES string of the molecule is C[C@H](Nc1nccc(NC2CC(C3CC3(F)F)NN2)n1)c1ccc2nc[nH]c2c1. The largest absolute Gasteiger partial charge is 0.353 e. The van der Waals surface area contributed by atoms with E-state index in [-0.39, 0.29) is 24.7 Å². The summed E-state index contributed by atoms with van der Waals surface area (Å²) in [7, 11) is 0. The van der Waals surface area contributed by atoms with Gasteiger partial charge in [0.25, 0.3) is 5.92 Å². The van der Waals surface area contributed by atoms with E-state index in [1.54, 1.807) is 18.6 Å². The minimum Gasteiger partial charge on any atom is -0.353 e. The van der Waals surface area contributed by atoms with Crippen molar-refractivity contribution in [1.82, 2.24) is 30.8 Å². The number of aromatic nitrogens is 4. The fraction of sp³-hybridized carbons (Fsp3) is 0.421. The summed E-state index contributed by atoms with van der Waals surface area (Å²) in [6.45, 7) is 2.03. The molecule has 3 aromatic rings. The van der Waals surface area contributed by atoms with E-state index >= 15 is 0 Å². The highest BCUT2D eigenvalue weighted by atomic mass is 19.3. The second-order valence-electron chi connectivity index (χ2n) is 7.71. The van der Waals surface area contributed by atoms with E-state index < -0.39 is 11.8 Å². The number of halogens is 2. The van der Waals surface area contributed by atoms with Crippen molar-refractivity contribution >= 4 is 22.8 Å². The average Bonchev–Trinajstić information content (AvgIpc) is 3.08. The molecular weight excluding hydrogens is 378 g/mol. The Hall–Kier alpha value is -2.85. The zero-order valence-corrected chi connectivity index (χ0v) is 15.8. The maximum absolute atomic E-state index is 13.3. The second kappa shape index (κ2) is 6.89. The third-order valence-electron chi connectivity index (χ3n) is 5.56. The number of hydrazine groups is 1. The first-order valence-electron chi connectivity index (χ1n) is 9.66. The van der Waals surface area contributed by atoms with Crippen molar-refractivity contribution in [1.29, 1.82) is 0 Å². The Morgan fingerprint density at radius 2 is 2.07 bits per heavy atom. The Balaban J connectivity index is 1.22. The lowest BCUT2D eigenvalue weighted by Gasteiger charge is -2.16. The predicted molar refractivity (Wildman–Crippen MR) is 105 cm³/mol. The molecule has 152 valence electrons. The van der Waals surface area contributed by atoms with E-state index in [1.165, 1.54) is 0 Å². The van der Waals surface area contributed by atoms with Crippen molar-refractivity contribution in [3.05, 3.63) is 42.4 Å². The van der Waals surface area contributed by atoms with E-state index in [1.807, 2.05) is 25.1 Å². The third-order valence-corrected chi connectivity index (χ3v) is 5.56. The molecule has 1 saturated carbocycles. The quantitative estimate of drug-likeness (QED) is 0.434. The normalized spacial score (nSPS) is 26.4. The molecule has 10 heteroatoms. The second-order valence-corrected chi connectivity index (χ2v) is 7.71. The van der Waals surface area contributed by atoms with Gasteiger partial charge < -0.3 is 15.6 Å². The summed E-state index contributed by atoms with van der Waals surface area (Å²) < 4.78 is 26.5. The lowest BCUT2D eigenvalue weighted by atomic mass is 10.1. The monoisotopic (exact) mass is 400 g/mol. The zero-order valence-electron chi connectivity index (χ0n) is 15.8. The summed E-state index contributed by atoms with van der Waals surface area (Å²) in [4.78, 5) is 16.1. The summed E-state index contributed by atoms with van der Waals surface area (Å²) in [5.74, 6) is -2.00. The van der Waals surface area contributed by atoms with E-state index in [2.05, 4.69) is 41.4 Å². The molecule has 1 aliphatic heterocycles. The minimum absolute atomic E-state index is 0.00861. The fourth-order valence-electron chi connectivity index (χ4n) is 3.80. The summed E-state index contributed by atoms with van der Waals surface area (Å²) in [5, 5.41) is 6.53. The molecule has 2 fully saturated rings. The first-order chi connectivity index (χ1) is 14.0. The molecular formula is C19H22F2N8. The van der Waals surface area contributed by atoms with Gasteiger partial charge in [-0.05, 0) is 37.1 Å². The molecule has 5 rings (SSSR count). The van der Waals surface area contributed by atoms with Crippen molar-refractivity contribution in [3.63, 3.8) is 0 Å². The van der Waals surface area contributed by atoms with Crippen molar-refractivity contribution in [2.24, 2.45) is 5.92 Å². The molecule has 0 amide bonds. The predicted octanol–water partition coefficient (Wildman–Crippen LogP) is 2.79. The highest BCUT2D eigenvalue weighted by molar-refractivity contribution is 5.75. The summed E-state index contributed by atoms with van der Waals surface area (Å²) >= 11 is 0. The number of fused-ring (bicyclic) bond motifs is 1. The molecule has 3 heterocycles. The van der Waals surface area contributed by atoms with Gasteiger partial charge in [-0.1, -0.05) is 6.07 Å². The number of nitrogens with zero attached hydrogens (tertiary/aromatic N) is 3. The summed E-state index contributed by atoms with van der Waals surface area (Å²) in [6, 6.07) is 7.55. The van der Waals surface area contributed by atoms with Crippen LogP contribution in [0.2, 0.25) is 0 Å².